The van der Waals surface area contributed by atoms with Crippen molar-refractivity contribution in [2.24, 2.45) is 0 Å². The third-order valence-electron chi connectivity index (χ3n) is 8.25. The van der Waals surface area contributed by atoms with Crippen LogP contribution in [-0.4, -0.2) is 45.1 Å². The second kappa shape index (κ2) is 17.8. The molecule has 0 spiro atoms. The molecule has 4 aromatic carbocycles. The summed E-state index contributed by atoms with van der Waals surface area (Å²) in [6.07, 6.45) is 0.882. The van der Waals surface area contributed by atoms with E-state index in [1.807, 2.05) is 78.9 Å². The van der Waals surface area contributed by atoms with Crippen molar-refractivity contribution in [2.75, 3.05) is 5.75 Å². The third-order valence-corrected chi connectivity index (χ3v) is 9.45. The lowest BCUT2D eigenvalue weighted by Crippen LogP contribution is -2.31. The molecule has 0 unspecified atom stereocenters. The molecule has 0 bridgehead atoms. The minimum atomic E-state index is -0.971. The number of ether oxygens (including phenoxy) is 2. The standard InChI is InChI=1S/C38H40N2O8S/c41-23-25-15-17-27(18-16-25)33-21-31(24-49-34-12-2-1-11-32(34)37(44)45)47-38(48-33)30-10-6-9-29(20-30)28-8-5-7-26(19-28)22-39-35(42)13-3-4-14-36(43)40-46/h1-2,5-12,15-20,31,33,38,41,46H,3-4,13-14,21-24H2,(H,39,42)(H,40,43)(H,44,45)/t31-,33+,38+/m0/s1. The molecule has 5 rings (SSSR count). The fourth-order valence-electron chi connectivity index (χ4n) is 5.62. The van der Waals surface area contributed by atoms with Crippen LogP contribution in [0.4, 0.5) is 0 Å². The van der Waals surface area contributed by atoms with Crippen molar-refractivity contribution in [1.82, 2.24) is 10.8 Å². The monoisotopic (exact) mass is 684 g/mol. The summed E-state index contributed by atoms with van der Waals surface area (Å²) in [4.78, 5) is 35.9. The summed E-state index contributed by atoms with van der Waals surface area (Å²) in [7, 11) is 0. The van der Waals surface area contributed by atoms with Gasteiger partial charge in [0, 0.05) is 42.0 Å². The number of hydrogen-bond acceptors (Lipinski definition) is 8. The Balaban J connectivity index is 1.29. The van der Waals surface area contributed by atoms with Crippen molar-refractivity contribution in [3.63, 3.8) is 0 Å². The molecule has 0 aliphatic carbocycles. The van der Waals surface area contributed by atoms with Crippen molar-refractivity contribution in [1.29, 1.82) is 0 Å². The van der Waals surface area contributed by atoms with E-state index in [2.05, 4.69) is 5.32 Å². The van der Waals surface area contributed by atoms with Gasteiger partial charge in [0.05, 0.1) is 24.4 Å². The van der Waals surface area contributed by atoms with E-state index in [0.717, 1.165) is 33.4 Å². The second-order valence-electron chi connectivity index (χ2n) is 11.8. The zero-order chi connectivity index (χ0) is 34.6. The number of aliphatic hydroxyl groups is 1. The molecule has 1 saturated heterocycles. The lowest BCUT2D eigenvalue weighted by atomic mass is 9.99. The highest BCUT2D eigenvalue weighted by Crippen LogP contribution is 2.40. The highest BCUT2D eigenvalue weighted by atomic mass is 32.2. The van der Waals surface area contributed by atoms with Gasteiger partial charge in [0.25, 0.3) is 0 Å². The first-order valence-corrected chi connectivity index (χ1v) is 17.2. The summed E-state index contributed by atoms with van der Waals surface area (Å²) in [6.45, 7) is 0.312. The average Bonchev–Trinajstić information content (AvgIpc) is 3.15. The van der Waals surface area contributed by atoms with Crippen LogP contribution in [0.5, 0.6) is 0 Å². The maximum Gasteiger partial charge on any atom is 0.336 e. The summed E-state index contributed by atoms with van der Waals surface area (Å²) >= 11 is 1.45. The van der Waals surface area contributed by atoms with Gasteiger partial charge in [-0.15, -0.1) is 11.8 Å². The number of carbonyl (C=O) groups excluding carboxylic acids is 2. The van der Waals surface area contributed by atoms with Crippen LogP contribution in [-0.2, 0) is 32.2 Å². The quantitative estimate of drug-likeness (QED) is 0.0405. The topological polar surface area (TPSA) is 154 Å². The minimum absolute atomic E-state index is 0.0481. The Morgan fingerprint density at radius 1 is 0.776 bits per heavy atom. The third kappa shape index (κ3) is 10.2. The predicted molar refractivity (Wildman–Crippen MR) is 185 cm³/mol. The first-order chi connectivity index (χ1) is 23.8. The normalized spacial score (nSPS) is 17.3. The number of amides is 2. The maximum absolute atomic E-state index is 12.3. The summed E-state index contributed by atoms with van der Waals surface area (Å²) in [5, 5.41) is 30.7. The number of carboxylic acids is 1. The number of carboxylic acid groups (broad SMARTS) is 1. The maximum atomic E-state index is 12.3. The second-order valence-corrected chi connectivity index (χ2v) is 12.9. The molecule has 11 heteroatoms. The molecule has 3 atom stereocenters. The molecule has 49 heavy (non-hydrogen) atoms. The van der Waals surface area contributed by atoms with E-state index in [0.29, 0.717) is 42.9 Å². The van der Waals surface area contributed by atoms with Crippen LogP contribution in [0.1, 0.15) is 77.1 Å². The Labute approximate surface area is 289 Å². The van der Waals surface area contributed by atoms with E-state index in [9.17, 15) is 24.6 Å². The van der Waals surface area contributed by atoms with Crippen LogP contribution in [0, 0.1) is 0 Å². The molecular formula is C38H40N2O8S. The summed E-state index contributed by atoms with van der Waals surface area (Å²) < 4.78 is 13.1. The SMILES string of the molecule is O=C(CCCCC(=O)NCc1cccc(-c2cccc([C@@H]3O[C@H](CSc4ccccc4C(=O)O)C[C@H](c4ccc(CO)cc4)O3)c2)c1)NO. The molecule has 1 heterocycles. The molecule has 1 fully saturated rings. The van der Waals surface area contributed by atoms with Gasteiger partial charge in [-0.25, -0.2) is 10.3 Å². The van der Waals surface area contributed by atoms with E-state index in [1.165, 1.54) is 11.8 Å². The first kappa shape index (κ1) is 35.8. The van der Waals surface area contributed by atoms with Gasteiger partial charge < -0.3 is 25.0 Å². The number of aromatic carboxylic acids is 1. The summed E-state index contributed by atoms with van der Waals surface area (Å²) in [5.41, 5.74) is 7.32. The van der Waals surface area contributed by atoms with E-state index in [4.69, 9.17) is 14.7 Å². The Bertz CT molecular complexity index is 1730. The predicted octanol–water partition coefficient (Wildman–Crippen LogP) is 6.56. The van der Waals surface area contributed by atoms with E-state index >= 15 is 0 Å². The van der Waals surface area contributed by atoms with Crippen LogP contribution < -0.4 is 10.8 Å². The smallest absolute Gasteiger partial charge is 0.336 e. The molecule has 4 aromatic rings. The van der Waals surface area contributed by atoms with Crippen LogP contribution in [0.3, 0.4) is 0 Å². The van der Waals surface area contributed by atoms with Crippen molar-refractivity contribution in [2.45, 2.75) is 68.6 Å². The lowest BCUT2D eigenvalue weighted by molar-refractivity contribution is -0.245. The molecule has 0 aromatic heterocycles. The van der Waals surface area contributed by atoms with Gasteiger partial charge in [0.2, 0.25) is 11.8 Å². The number of nitrogens with one attached hydrogen (secondary N) is 2. The summed E-state index contributed by atoms with van der Waals surface area (Å²) in [6, 6.07) is 30.5. The lowest BCUT2D eigenvalue weighted by Gasteiger charge is -2.36. The molecule has 0 radical (unpaired) electrons. The van der Waals surface area contributed by atoms with Crippen LogP contribution in [0.2, 0.25) is 0 Å². The highest BCUT2D eigenvalue weighted by molar-refractivity contribution is 7.99. The van der Waals surface area contributed by atoms with Gasteiger partial charge in [-0.1, -0.05) is 72.8 Å². The van der Waals surface area contributed by atoms with Gasteiger partial charge in [0.1, 0.15) is 0 Å². The van der Waals surface area contributed by atoms with E-state index in [1.54, 1.807) is 23.7 Å². The zero-order valence-electron chi connectivity index (χ0n) is 26.9. The molecule has 0 saturated carbocycles. The Kier molecular flexibility index (Phi) is 13.0. The van der Waals surface area contributed by atoms with Gasteiger partial charge >= 0.3 is 5.97 Å². The average molecular weight is 685 g/mol. The Morgan fingerprint density at radius 2 is 1.49 bits per heavy atom. The van der Waals surface area contributed by atoms with Gasteiger partial charge in [0.15, 0.2) is 6.29 Å². The number of aliphatic hydroxyl groups excluding tert-OH is 1. The highest BCUT2D eigenvalue weighted by Gasteiger charge is 2.32. The van der Waals surface area contributed by atoms with Crippen molar-refractivity contribution < 1.29 is 39.3 Å². The van der Waals surface area contributed by atoms with E-state index in [-0.39, 0.29) is 36.7 Å². The fourth-order valence-corrected chi connectivity index (χ4v) is 6.68. The van der Waals surface area contributed by atoms with Crippen molar-refractivity contribution >= 4 is 29.5 Å². The van der Waals surface area contributed by atoms with Crippen molar-refractivity contribution in [3.05, 3.63) is 125 Å². The van der Waals surface area contributed by atoms with Crippen molar-refractivity contribution in [3.8, 4) is 11.1 Å². The molecule has 5 N–H and O–H groups in total. The number of hydrogen-bond donors (Lipinski definition) is 5. The Morgan fingerprint density at radius 3 is 2.22 bits per heavy atom. The van der Waals surface area contributed by atoms with Gasteiger partial charge in [-0.2, -0.15) is 0 Å². The molecule has 1 aliphatic heterocycles. The molecule has 10 nitrogen and oxygen atoms in total. The molecule has 256 valence electrons. The number of thioether (sulfide) groups is 1. The number of rotatable bonds is 15. The Hall–Kier alpha value is -4.52. The first-order valence-electron chi connectivity index (χ1n) is 16.2. The number of carbonyl (C=O) groups is 3. The van der Waals surface area contributed by atoms with Gasteiger partial charge in [-0.05, 0) is 64.9 Å². The van der Waals surface area contributed by atoms with Crippen LogP contribution in [0.15, 0.2) is 102 Å². The molecular weight excluding hydrogens is 644 g/mol. The fraction of sp³-hybridized carbons (Fsp3) is 0.289. The van der Waals surface area contributed by atoms with Crippen LogP contribution >= 0.6 is 11.8 Å². The van der Waals surface area contributed by atoms with E-state index < -0.39 is 18.2 Å². The van der Waals surface area contributed by atoms with Gasteiger partial charge in [-0.3, -0.25) is 14.8 Å². The number of benzene rings is 4. The minimum Gasteiger partial charge on any atom is -0.478 e. The molecule has 2 amide bonds. The zero-order valence-corrected chi connectivity index (χ0v) is 27.7. The molecule has 1 aliphatic rings. The van der Waals surface area contributed by atoms with Crippen LogP contribution in [0.25, 0.3) is 11.1 Å². The summed E-state index contributed by atoms with van der Waals surface area (Å²) in [5.74, 6) is -1.01. The number of hydroxylamine groups is 1. The number of unbranched alkanes of at least 4 members (excludes halogenated alkanes) is 1. The largest absolute Gasteiger partial charge is 0.478 e.